The molecule has 1 saturated carbocycles. The molecule has 3 heterocycles. The molecule has 0 bridgehead atoms. The zero-order chi connectivity index (χ0) is 21.5. The summed E-state index contributed by atoms with van der Waals surface area (Å²) in [6, 6.07) is 7.83. The molecule has 3 aromatic rings. The summed E-state index contributed by atoms with van der Waals surface area (Å²) in [7, 11) is 0. The van der Waals surface area contributed by atoms with E-state index < -0.39 is 0 Å². The second-order valence-corrected chi connectivity index (χ2v) is 8.74. The first kappa shape index (κ1) is 19.8. The highest BCUT2D eigenvalue weighted by molar-refractivity contribution is 5.99. The van der Waals surface area contributed by atoms with Crippen molar-refractivity contribution in [2.45, 2.75) is 64.6 Å². The van der Waals surface area contributed by atoms with Crippen molar-refractivity contribution in [2.75, 3.05) is 6.54 Å². The van der Waals surface area contributed by atoms with Crippen molar-refractivity contribution in [3.05, 3.63) is 53.3 Å². The number of para-hydroxylation sites is 1. The van der Waals surface area contributed by atoms with Crippen LogP contribution in [-0.2, 0) is 17.8 Å². The summed E-state index contributed by atoms with van der Waals surface area (Å²) in [5.41, 5.74) is 2.35. The number of imidazole rings is 1. The van der Waals surface area contributed by atoms with E-state index in [1.807, 2.05) is 49.2 Å². The molecule has 0 radical (unpaired) electrons. The molecule has 7 nitrogen and oxygen atoms in total. The number of rotatable bonds is 4. The van der Waals surface area contributed by atoms with Crippen LogP contribution in [-0.4, -0.2) is 38.9 Å². The molecule has 2 aromatic heterocycles. The maximum absolute atomic E-state index is 13.3. The molecule has 1 fully saturated rings. The fourth-order valence-corrected chi connectivity index (χ4v) is 4.93. The van der Waals surface area contributed by atoms with E-state index in [9.17, 15) is 9.59 Å². The molecule has 31 heavy (non-hydrogen) atoms. The summed E-state index contributed by atoms with van der Waals surface area (Å²) >= 11 is 0. The van der Waals surface area contributed by atoms with Gasteiger partial charge in [-0.25, -0.2) is 4.98 Å². The SMILES string of the molecule is Cc1c(C(=O)N2CCn3cc(CC(=O)NC4CCCC4)nc3[C@H]2C)oc2ccccc12. The van der Waals surface area contributed by atoms with Crippen LogP contribution >= 0.6 is 0 Å². The Morgan fingerprint density at radius 1 is 1.19 bits per heavy atom. The Labute approximate surface area is 181 Å². The van der Waals surface area contributed by atoms with Crippen LogP contribution in [0.4, 0.5) is 0 Å². The van der Waals surface area contributed by atoms with Gasteiger partial charge in [0.2, 0.25) is 5.91 Å². The number of hydrogen-bond donors (Lipinski definition) is 1. The van der Waals surface area contributed by atoms with Crippen LogP contribution in [0.15, 0.2) is 34.9 Å². The van der Waals surface area contributed by atoms with E-state index in [0.717, 1.165) is 40.9 Å². The summed E-state index contributed by atoms with van der Waals surface area (Å²) < 4.78 is 7.97. The van der Waals surface area contributed by atoms with Gasteiger partial charge >= 0.3 is 0 Å². The number of furan rings is 1. The molecule has 1 N–H and O–H groups in total. The third-order valence-electron chi connectivity index (χ3n) is 6.64. The Kier molecular flexibility index (Phi) is 5.04. The molecule has 0 spiro atoms. The van der Waals surface area contributed by atoms with Gasteiger partial charge in [-0.1, -0.05) is 31.0 Å². The van der Waals surface area contributed by atoms with Crippen LogP contribution in [0.2, 0.25) is 0 Å². The lowest BCUT2D eigenvalue weighted by Gasteiger charge is -2.33. The lowest BCUT2D eigenvalue weighted by atomic mass is 10.1. The Morgan fingerprint density at radius 3 is 2.74 bits per heavy atom. The quantitative estimate of drug-likeness (QED) is 0.697. The Bertz CT molecular complexity index is 1140. The maximum Gasteiger partial charge on any atom is 0.290 e. The number of carbonyl (C=O) groups is 2. The van der Waals surface area contributed by atoms with Gasteiger partial charge in [-0.05, 0) is 32.8 Å². The van der Waals surface area contributed by atoms with Crippen molar-refractivity contribution in [1.29, 1.82) is 0 Å². The van der Waals surface area contributed by atoms with Crippen molar-refractivity contribution in [3.8, 4) is 0 Å². The molecule has 7 heteroatoms. The van der Waals surface area contributed by atoms with Gasteiger partial charge in [0, 0.05) is 36.3 Å². The van der Waals surface area contributed by atoms with Crippen LogP contribution in [0.1, 0.15) is 66.3 Å². The van der Waals surface area contributed by atoms with E-state index in [1.54, 1.807) is 0 Å². The van der Waals surface area contributed by atoms with Crippen LogP contribution in [0.25, 0.3) is 11.0 Å². The molecular weight excluding hydrogens is 392 g/mol. The molecule has 0 saturated heterocycles. The molecule has 1 aliphatic heterocycles. The first-order valence-electron chi connectivity index (χ1n) is 11.2. The van der Waals surface area contributed by atoms with Crippen molar-refractivity contribution < 1.29 is 14.0 Å². The highest BCUT2D eigenvalue weighted by atomic mass is 16.3. The maximum atomic E-state index is 13.3. The minimum Gasteiger partial charge on any atom is -0.451 e. The number of aryl methyl sites for hydroxylation is 1. The van der Waals surface area contributed by atoms with E-state index in [1.165, 1.54) is 12.8 Å². The van der Waals surface area contributed by atoms with E-state index in [2.05, 4.69) is 9.88 Å². The summed E-state index contributed by atoms with van der Waals surface area (Å²) in [5.74, 6) is 1.12. The number of carbonyl (C=O) groups excluding carboxylic acids is 2. The highest BCUT2D eigenvalue weighted by Crippen LogP contribution is 2.31. The van der Waals surface area contributed by atoms with Gasteiger partial charge in [0.1, 0.15) is 11.4 Å². The fourth-order valence-electron chi connectivity index (χ4n) is 4.93. The molecule has 2 aliphatic rings. The van der Waals surface area contributed by atoms with Crippen molar-refractivity contribution in [1.82, 2.24) is 19.8 Å². The van der Waals surface area contributed by atoms with Crippen LogP contribution in [0.3, 0.4) is 0 Å². The van der Waals surface area contributed by atoms with E-state index in [-0.39, 0.29) is 24.3 Å². The summed E-state index contributed by atoms with van der Waals surface area (Å²) in [6.07, 6.45) is 6.75. The van der Waals surface area contributed by atoms with Gasteiger partial charge < -0.3 is 19.2 Å². The Morgan fingerprint density at radius 2 is 1.97 bits per heavy atom. The molecule has 1 aromatic carbocycles. The van der Waals surface area contributed by atoms with Gasteiger partial charge in [-0.15, -0.1) is 0 Å². The Balaban J connectivity index is 1.32. The summed E-state index contributed by atoms with van der Waals surface area (Å²) in [5, 5.41) is 4.09. The van der Waals surface area contributed by atoms with Crippen LogP contribution in [0, 0.1) is 6.92 Å². The average molecular weight is 421 g/mol. The number of amides is 2. The fraction of sp³-hybridized carbons (Fsp3) is 0.458. The number of aromatic nitrogens is 2. The first-order valence-corrected chi connectivity index (χ1v) is 11.2. The zero-order valence-corrected chi connectivity index (χ0v) is 18.1. The molecular formula is C24H28N4O3. The average Bonchev–Trinajstić information content (AvgIpc) is 3.48. The zero-order valence-electron chi connectivity index (χ0n) is 18.1. The summed E-state index contributed by atoms with van der Waals surface area (Å²) in [4.78, 5) is 32.3. The van der Waals surface area contributed by atoms with Crippen molar-refractivity contribution >= 4 is 22.8 Å². The summed E-state index contributed by atoms with van der Waals surface area (Å²) in [6.45, 7) is 5.14. The van der Waals surface area contributed by atoms with E-state index >= 15 is 0 Å². The molecule has 0 unspecified atom stereocenters. The van der Waals surface area contributed by atoms with Gasteiger partial charge in [0.15, 0.2) is 5.76 Å². The predicted octanol–water partition coefficient (Wildman–Crippen LogP) is 3.76. The monoisotopic (exact) mass is 420 g/mol. The van der Waals surface area contributed by atoms with Crippen LogP contribution in [0.5, 0.6) is 0 Å². The lowest BCUT2D eigenvalue weighted by Crippen LogP contribution is -2.41. The first-order chi connectivity index (χ1) is 15.0. The topological polar surface area (TPSA) is 80.4 Å². The minimum atomic E-state index is -0.194. The van der Waals surface area contributed by atoms with Gasteiger partial charge in [-0.3, -0.25) is 9.59 Å². The van der Waals surface area contributed by atoms with Gasteiger partial charge in [0.25, 0.3) is 5.91 Å². The lowest BCUT2D eigenvalue weighted by molar-refractivity contribution is -0.121. The standard InChI is InChI=1S/C24H28N4O3/c1-15-19-9-5-6-10-20(19)31-22(15)24(30)28-12-11-27-14-18(26-23(27)16(28)2)13-21(29)25-17-7-3-4-8-17/h5-6,9-10,14,16-17H,3-4,7-8,11-13H2,1-2H3,(H,25,29)/t16-/m1/s1. The minimum absolute atomic E-state index is 0.0285. The molecule has 1 aliphatic carbocycles. The predicted molar refractivity (Wildman–Crippen MR) is 117 cm³/mol. The van der Waals surface area contributed by atoms with E-state index in [4.69, 9.17) is 9.40 Å². The number of benzene rings is 1. The third kappa shape index (κ3) is 3.62. The largest absolute Gasteiger partial charge is 0.451 e. The van der Waals surface area contributed by atoms with Crippen LogP contribution < -0.4 is 5.32 Å². The number of fused-ring (bicyclic) bond motifs is 2. The molecule has 1 atom stereocenters. The van der Waals surface area contributed by atoms with Gasteiger partial charge in [0.05, 0.1) is 18.2 Å². The second-order valence-electron chi connectivity index (χ2n) is 8.74. The molecule has 5 rings (SSSR count). The Hall–Kier alpha value is -3.09. The number of hydrogen-bond acceptors (Lipinski definition) is 4. The number of nitrogens with one attached hydrogen (secondary N) is 1. The third-order valence-corrected chi connectivity index (χ3v) is 6.64. The normalized spacial score (nSPS) is 19.0. The van der Waals surface area contributed by atoms with E-state index in [0.29, 0.717) is 24.9 Å². The second kappa shape index (κ2) is 7.87. The molecule has 162 valence electrons. The molecule has 2 amide bonds. The van der Waals surface area contributed by atoms with Crippen molar-refractivity contribution in [3.63, 3.8) is 0 Å². The van der Waals surface area contributed by atoms with Crippen molar-refractivity contribution in [2.24, 2.45) is 0 Å². The highest BCUT2D eigenvalue weighted by Gasteiger charge is 2.33. The number of nitrogens with zero attached hydrogens (tertiary/aromatic N) is 3. The van der Waals surface area contributed by atoms with Gasteiger partial charge in [-0.2, -0.15) is 0 Å². The smallest absolute Gasteiger partial charge is 0.290 e.